The zero-order valence-corrected chi connectivity index (χ0v) is 16.2. The molecule has 1 heterocycles. The summed E-state index contributed by atoms with van der Waals surface area (Å²) < 4.78 is 25.5. The molecule has 8 heteroatoms. The van der Waals surface area contributed by atoms with Gasteiger partial charge in [0.15, 0.2) is 6.61 Å². The smallest absolute Gasteiger partial charge is 0.341 e. The van der Waals surface area contributed by atoms with Gasteiger partial charge in [-0.2, -0.15) is 5.10 Å². The van der Waals surface area contributed by atoms with E-state index in [1.165, 1.54) is 19.2 Å². The lowest BCUT2D eigenvalue weighted by molar-refractivity contribution is -0.119. The number of halogens is 1. The van der Waals surface area contributed by atoms with Crippen molar-refractivity contribution < 1.29 is 23.5 Å². The third-order valence-electron chi connectivity index (χ3n) is 4.29. The Hall–Kier alpha value is -3.68. The largest absolute Gasteiger partial charge is 0.497 e. The fraction of sp³-hybridized carbons (Fsp3) is 0.190. The molecule has 0 aliphatic carbocycles. The number of para-hydroxylation sites is 1. The summed E-state index contributed by atoms with van der Waals surface area (Å²) in [5.74, 6) is -2.00. The van der Waals surface area contributed by atoms with Gasteiger partial charge in [0.25, 0.3) is 5.91 Å². The maximum Gasteiger partial charge on any atom is 0.341 e. The Labute approximate surface area is 167 Å². The Balaban J connectivity index is 1.66. The van der Waals surface area contributed by atoms with E-state index in [9.17, 15) is 14.0 Å². The lowest BCUT2D eigenvalue weighted by Gasteiger charge is -2.09. The molecule has 3 rings (SSSR count). The van der Waals surface area contributed by atoms with Crippen LogP contribution < -0.4 is 10.1 Å². The van der Waals surface area contributed by atoms with Crippen LogP contribution in [0, 0.1) is 19.7 Å². The maximum atomic E-state index is 13.9. The minimum Gasteiger partial charge on any atom is -0.497 e. The van der Waals surface area contributed by atoms with Gasteiger partial charge in [0.1, 0.15) is 11.6 Å². The van der Waals surface area contributed by atoms with E-state index in [0.29, 0.717) is 11.4 Å². The minimum atomic E-state index is -0.936. The molecule has 2 aromatic carbocycles. The molecule has 0 unspecified atom stereocenters. The number of hydrogen-bond donors (Lipinski definition) is 1. The molecule has 0 aliphatic heterocycles. The third kappa shape index (κ3) is 4.43. The van der Waals surface area contributed by atoms with Crippen LogP contribution in [-0.2, 0) is 9.53 Å². The second kappa shape index (κ2) is 8.55. The molecule has 150 valence electrons. The van der Waals surface area contributed by atoms with E-state index in [1.807, 2.05) is 37.3 Å². The summed E-state index contributed by atoms with van der Waals surface area (Å²) in [4.78, 5) is 24.3. The Kier molecular flexibility index (Phi) is 5.92. The summed E-state index contributed by atoms with van der Waals surface area (Å²) >= 11 is 0. The average Bonchev–Trinajstić information content (AvgIpc) is 3.00. The number of esters is 1. The van der Waals surface area contributed by atoms with Gasteiger partial charge in [-0.15, -0.1) is 0 Å². The van der Waals surface area contributed by atoms with Crippen LogP contribution in [0.2, 0.25) is 0 Å². The Morgan fingerprint density at radius 2 is 1.86 bits per heavy atom. The normalized spacial score (nSPS) is 10.5. The predicted molar refractivity (Wildman–Crippen MR) is 105 cm³/mol. The number of carbonyl (C=O) groups excluding carboxylic acids is 2. The van der Waals surface area contributed by atoms with Crippen LogP contribution in [-0.4, -0.2) is 35.4 Å². The summed E-state index contributed by atoms with van der Waals surface area (Å²) in [6.07, 6.45) is 0. The second-order valence-electron chi connectivity index (χ2n) is 6.26. The van der Waals surface area contributed by atoms with Crippen molar-refractivity contribution in [3.05, 3.63) is 71.3 Å². The molecule has 1 amide bonds. The van der Waals surface area contributed by atoms with Gasteiger partial charge in [-0.3, -0.25) is 4.79 Å². The van der Waals surface area contributed by atoms with Gasteiger partial charge < -0.3 is 14.8 Å². The van der Waals surface area contributed by atoms with Gasteiger partial charge in [-0.1, -0.05) is 18.2 Å². The first-order chi connectivity index (χ1) is 13.9. The highest BCUT2D eigenvalue weighted by Gasteiger charge is 2.18. The Bertz CT molecular complexity index is 1050. The summed E-state index contributed by atoms with van der Waals surface area (Å²) in [5.41, 5.74) is 2.46. The number of ether oxygens (including phenoxy) is 2. The predicted octanol–water partition coefficient (Wildman–Crippen LogP) is 3.43. The first-order valence-electron chi connectivity index (χ1n) is 8.83. The molecule has 29 heavy (non-hydrogen) atoms. The lowest BCUT2D eigenvalue weighted by Crippen LogP contribution is -2.22. The van der Waals surface area contributed by atoms with Crippen molar-refractivity contribution in [3.63, 3.8) is 0 Å². The molecule has 0 bridgehead atoms. The van der Waals surface area contributed by atoms with E-state index in [4.69, 9.17) is 9.47 Å². The first-order valence-corrected chi connectivity index (χ1v) is 8.83. The van der Waals surface area contributed by atoms with Crippen LogP contribution in [0.25, 0.3) is 5.69 Å². The molecule has 1 N–H and O–H groups in total. The van der Waals surface area contributed by atoms with Crippen molar-refractivity contribution in [2.75, 3.05) is 19.0 Å². The Morgan fingerprint density at radius 1 is 1.14 bits per heavy atom. The van der Waals surface area contributed by atoms with Gasteiger partial charge >= 0.3 is 5.97 Å². The molecule has 7 nitrogen and oxygen atoms in total. The van der Waals surface area contributed by atoms with E-state index < -0.39 is 24.3 Å². The minimum absolute atomic E-state index is 0.275. The number of rotatable bonds is 6. The number of methoxy groups -OCH3 is 1. The highest BCUT2D eigenvalue weighted by Crippen LogP contribution is 2.23. The number of aryl methyl sites for hydroxylation is 1. The standard InChI is InChI=1S/C21H20FN3O4/c1-13-20(14(2)25(24-13)15-7-5-4-6-8-15)23-19(26)12-29-21(27)17-10-9-16(28-3)11-18(17)22/h4-11H,12H2,1-3H3,(H,23,26). The van der Waals surface area contributed by atoms with Gasteiger partial charge in [0.2, 0.25) is 0 Å². The van der Waals surface area contributed by atoms with E-state index in [0.717, 1.165) is 17.4 Å². The molecule has 0 saturated carbocycles. The van der Waals surface area contributed by atoms with Crippen molar-refractivity contribution in [2.45, 2.75) is 13.8 Å². The highest BCUT2D eigenvalue weighted by molar-refractivity contribution is 5.96. The van der Waals surface area contributed by atoms with Crippen molar-refractivity contribution >= 4 is 17.6 Å². The Morgan fingerprint density at radius 3 is 2.52 bits per heavy atom. The molecule has 1 aromatic heterocycles. The van der Waals surface area contributed by atoms with E-state index in [1.54, 1.807) is 11.6 Å². The van der Waals surface area contributed by atoms with Crippen molar-refractivity contribution in [1.29, 1.82) is 0 Å². The fourth-order valence-corrected chi connectivity index (χ4v) is 2.82. The SMILES string of the molecule is COc1ccc(C(=O)OCC(=O)Nc2c(C)nn(-c3ccccc3)c2C)c(F)c1. The van der Waals surface area contributed by atoms with E-state index >= 15 is 0 Å². The number of anilines is 1. The summed E-state index contributed by atoms with van der Waals surface area (Å²) in [7, 11) is 1.39. The zero-order valence-electron chi connectivity index (χ0n) is 16.2. The monoisotopic (exact) mass is 397 g/mol. The van der Waals surface area contributed by atoms with Gasteiger partial charge in [-0.05, 0) is 38.1 Å². The fourth-order valence-electron chi connectivity index (χ4n) is 2.82. The van der Waals surface area contributed by atoms with E-state index in [2.05, 4.69) is 10.4 Å². The zero-order chi connectivity index (χ0) is 21.0. The number of carbonyl (C=O) groups is 2. The number of benzene rings is 2. The number of nitrogens with one attached hydrogen (secondary N) is 1. The van der Waals surface area contributed by atoms with Gasteiger partial charge in [-0.25, -0.2) is 13.9 Å². The van der Waals surface area contributed by atoms with Crippen molar-refractivity contribution in [1.82, 2.24) is 9.78 Å². The van der Waals surface area contributed by atoms with Crippen LogP contribution in [0.4, 0.5) is 10.1 Å². The molecular weight excluding hydrogens is 377 g/mol. The van der Waals surface area contributed by atoms with Crippen LogP contribution in [0.1, 0.15) is 21.7 Å². The molecule has 0 saturated heterocycles. The number of nitrogens with zero attached hydrogens (tertiary/aromatic N) is 2. The van der Waals surface area contributed by atoms with Crippen molar-refractivity contribution in [3.8, 4) is 11.4 Å². The molecular formula is C21H20FN3O4. The van der Waals surface area contributed by atoms with Gasteiger partial charge in [0, 0.05) is 6.07 Å². The molecule has 0 fully saturated rings. The van der Waals surface area contributed by atoms with Crippen LogP contribution in [0.5, 0.6) is 5.75 Å². The molecule has 3 aromatic rings. The van der Waals surface area contributed by atoms with Crippen LogP contribution in [0.3, 0.4) is 0 Å². The third-order valence-corrected chi connectivity index (χ3v) is 4.29. The second-order valence-corrected chi connectivity index (χ2v) is 6.26. The van der Waals surface area contributed by atoms with Crippen LogP contribution >= 0.6 is 0 Å². The summed E-state index contributed by atoms with van der Waals surface area (Å²) in [6.45, 7) is 3.03. The van der Waals surface area contributed by atoms with E-state index in [-0.39, 0.29) is 11.3 Å². The number of hydrogen-bond acceptors (Lipinski definition) is 5. The summed E-state index contributed by atoms with van der Waals surface area (Å²) in [6, 6.07) is 13.2. The van der Waals surface area contributed by atoms with Crippen molar-refractivity contribution in [2.24, 2.45) is 0 Å². The average molecular weight is 397 g/mol. The quantitative estimate of drug-likeness (QED) is 0.645. The summed E-state index contributed by atoms with van der Waals surface area (Å²) in [5, 5.41) is 7.13. The first kappa shape index (κ1) is 20.1. The molecule has 0 radical (unpaired) electrons. The lowest BCUT2D eigenvalue weighted by atomic mass is 10.2. The highest BCUT2D eigenvalue weighted by atomic mass is 19.1. The molecule has 0 aliphatic rings. The number of amides is 1. The van der Waals surface area contributed by atoms with Gasteiger partial charge in [0.05, 0.1) is 35.4 Å². The topological polar surface area (TPSA) is 82.4 Å². The molecule has 0 spiro atoms. The molecule has 0 atom stereocenters. The van der Waals surface area contributed by atoms with Crippen LogP contribution in [0.15, 0.2) is 48.5 Å². The maximum absolute atomic E-state index is 13.9. The number of aromatic nitrogens is 2.